The van der Waals surface area contributed by atoms with E-state index in [9.17, 15) is 4.79 Å². The van der Waals surface area contributed by atoms with Crippen molar-refractivity contribution in [2.45, 2.75) is 19.3 Å². The first kappa shape index (κ1) is 11.9. The normalized spacial score (nSPS) is 32.0. The first-order valence-electron chi connectivity index (χ1n) is 6.29. The van der Waals surface area contributed by atoms with E-state index in [2.05, 4.69) is 11.9 Å². The second-order valence-electron chi connectivity index (χ2n) is 5.22. The number of carbonyl (C=O) groups excluding carboxylic acids is 1. The highest BCUT2D eigenvalue weighted by atomic mass is 16.3. The van der Waals surface area contributed by atoms with Crippen molar-refractivity contribution in [3.05, 3.63) is 0 Å². The maximum absolute atomic E-state index is 12.2. The van der Waals surface area contributed by atoms with Gasteiger partial charge in [0.2, 0.25) is 5.91 Å². The minimum absolute atomic E-state index is 0.191. The van der Waals surface area contributed by atoms with E-state index in [4.69, 9.17) is 5.11 Å². The van der Waals surface area contributed by atoms with E-state index in [1.165, 1.54) is 0 Å². The van der Waals surface area contributed by atoms with Gasteiger partial charge in [-0.15, -0.1) is 0 Å². The Morgan fingerprint density at radius 3 is 2.75 bits per heavy atom. The third kappa shape index (κ3) is 2.55. The molecule has 4 heteroatoms. The number of aliphatic hydroxyl groups excluding tert-OH is 1. The molecular weight excluding hydrogens is 204 g/mol. The van der Waals surface area contributed by atoms with Gasteiger partial charge in [-0.25, -0.2) is 0 Å². The summed E-state index contributed by atoms with van der Waals surface area (Å²) in [5, 5.41) is 9.07. The zero-order chi connectivity index (χ0) is 11.5. The lowest BCUT2D eigenvalue weighted by Crippen LogP contribution is -2.42. The minimum atomic E-state index is 0.191. The van der Waals surface area contributed by atoms with E-state index in [-0.39, 0.29) is 12.5 Å². The molecule has 0 aromatic rings. The molecule has 2 aliphatic heterocycles. The lowest BCUT2D eigenvalue weighted by Gasteiger charge is -2.31. The second kappa shape index (κ2) is 5.15. The molecule has 1 N–H and O–H groups in total. The zero-order valence-corrected chi connectivity index (χ0v) is 10.1. The van der Waals surface area contributed by atoms with Gasteiger partial charge in [0.15, 0.2) is 0 Å². The van der Waals surface area contributed by atoms with Gasteiger partial charge in [0.05, 0.1) is 5.92 Å². The Bertz CT molecular complexity index is 257. The summed E-state index contributed by atoms with van der Waals surface area (Å²) in [6, 6.07) is 0. The summed E-state index contributed by atoms with van der Waals surface area (Å²) in [6.07, 6.45) is 3.12. The predicted octanol–water partition coefficient (Wildman–Crippen LogP) is 0.169. The number of aliphatic hydroxyl groups is 1. The van der Waals surface area contributed by atoms with Gasteiger partial charge in [-0.2, -0.15) is 0 Å². The molecule has 2 atom stereocenters. The van der Waals surface area contributed by atoms with Crippen LogP contribution in [-0.4, -0.2) is 60.6 Å². The van der Waals surface area contributed by atoms with Crippen LogP contribution in [-0.2, 0) is 4.79 Å². The largest absolute Gasteiger partial charge is 0.396 e. The molecule has 2 saturated heterocycles. The standard InChI is InChI=1S/C12H22N2O2/c1-13-5-2-3-11(8-13)12(16)14-6-4-10(7-14)9-15/h10-11,15H,2-9H2,1H3. The van der Waals surface area contributed by atoms with Crippen molar-refractivity contribution in [3.8, 4) is 0 Å². The fourth-order valence-electron chi connectivity index (χ4n) is 2.81. The van der Waals surface area contributed by atoms with Gasteiger partial charge in [0.1, 0.15) is 0 Å². The third-order valence-corrected chi connectivity index (χ3v) is 3.83. The molecular formula is C12H22N2O2. The Balaban J connectivity index is 1.87. The van der Waals surface area contributed by atoms with E-state index in [0.29, 0.717) is 11.8 Å². The molecule has 16 heavy (non-hydrogen) atoms. The van der Waals surface area contributed by atoms with Gasteiger partial charge >= 0.3 is 0 Å². The van der Waals surface area contributed by atoms with Crippen LogP contribution >= 0.6 is 0 Å². The average molecular weight is 226 g/mol. The van der Waals surface area contributed by atoms with E-state index in [1.54, 1.807) is 0 Å². The van der Waals surface area contributed by atoms with Crippen LogP contribution < -0.4 is 0 Å². The number of likely N-dealkylation sites (tertiary alicyclic amines) is 2. The van der Waals surface area contributed by atoms with E-state index in [0.717, 1.165) is 45.4 Å². The van der Waals surface area contributed by atoms with Gasteiger partial charge in [-0.1, -0.05) is 0 Å². The zero-order valence-electron chi connectivity index (χ0n) is 10.1. The number of rotatable bonds is 2. The summed E-state index contributed by atoms with van der Waals surface area (Å²) in [4.78, 5) is 16.4. The fraction of sp³-hybridized carbons (Fsp3) is 0.917. The molecule has 2 fully saturated rings. The molecule has 0 bridgehead atoms. The fourth-order valence-corrected chi connectivity index (χ4v) is 2.81. The molecule has 2 rings (SSSR count). The van der Waals surface area contributed by atoms with Gasteiger partial charge < -0.3 is 14.9 Å². The van der Waals surface area contributed by atoms with Gasteiger partial charge in [0, 0.05) is 32.2 Å². The quantitative estimate of drug-likeness (QED) is 0.730. The van der Waals surface area contributed by atoms with Crippen LogP contribution in [0.2, 0.25) is 0 Å². The summed E-state index contributed by atoms with van der Waals surface area (Å²) >= 11 is 0. The molecule has 0 aliphatic carbocycles. The number of hydrogen-bond acceptors (Lipinski definition) is 3. The first-order chi connectivity index (χ1) is 7.70. The molecule has 0 radical (unpaired) electrons. The summed E-state index contributed by atoms with van der Waals surface area (Å²) < 4.78 is 0. The Kier molecular flexibility index (Phi) is 3.82. The number of nitrogens with zero attached hydrogens (tertiary/aromatic N) is 2. The first-order valence-corrected chi connectivity index (χ1v) is 6.29. The molecule has 92 valence electrons. The Hall–Kier alpha value is -0.610. The third-order valence-electron chi connectivity index (χ3n) is 3.83. The minimum Gasteiger partial charge on any atom is -0.396 e. The summed E-state index contributed by atoms with van der Waals surface area (Å²) in [7, 11) is 2.08. The highest BCUT2D eigenvalue weighted by Crippen LogP contribution is 2.22. The maximum atomic E-state index is 12.2. The second-order valence-corrected chi connectivity index (χ2v) is 5.22. The van der Waals surface area contributed by atoms with Crippen molar-refractivity contribution in [1.82, 2.24) is 9.80 Å². The summed E-state index contributed by atoms with van der Waals surface area (Å²) in [6.45, 7) is 3.83. The molecule has 0 aromatic heterocycles. The van der Waals surface area contributed by atoms with Gasteiger partial charge in [-0.3, -0.25) is 4.79 Å². The summed E-state index contributed by atoms with van der Waals surface area (Å²) in [5.74, 6) is 0.809. The average Bonchev–Trinajstić information content (AvgIpc) is 2.76. The summed E-state index contributed by atoms with van der Waals surface area (Å²) in [5.41, 5.74) is 0. The van der Waals surface area contributed by atoms with Crippen LogP contribution in [0.5, 0.6) is 0 Å². The van der Waals surface area contributed by atoms with E-state index in [1.807, 2.05) is 4.90 Å². The molecule has 2 heterocycles. The Labute approximate surface area is 97.2 Å². The van der Waals surface area contributed by atoms with Crippen LogP contribution in [0.3, 0.4) is 0 Å². The van der Waals surface area contributed by atoms with Crippen molar-refractivity contribution in [1.29, 1.82) is 0 Å². The molecule has 2 unspecified atom stereocenters. The number of carbonyl (C=O) groups is 1. The van der Waals surface area contributed by atoms with Gasteiger partial charge in [0.25, 0.3) is 0 Å². The molecule has 4 nitrogen and oxygen atoms in total. The highest BCUT2D eigenvalue weighted by molar-refractivity contribution is 5.79. The van der Waals surface area contributed by atoms with Crippen molar-refractivity contribution in [3.63, 3.8) is 0 Å². The van der Waals surface area contributed by atoms with Crippen LogP contribution in [0, 0.1) is 11.8 Å². The van der Waals surface area contributed by atoms with Crippen molar-refractivity contribution < 1.29 is 9.90 Å². The molecule has 0 saturated carbocycles. The molecule has 0 aromatic carbocycles. The van der Waals surface area contributed by atoms with Crippen LogP contribution in [0.4, 0.5) is 0 Å². The number of hydrogen-bond donors (Lipinski definition) is 1. The van der Waals surface area contributed by atoms with Crippen molar-refractivity contribution in [2.75, 3.05) is 39.8 Å². The van der Waals surface area contributed by atoms with Crippen molar-refractivity contribution in [2.24, 2.45) is 11.8 Å². The lowest BCUT2D eigenvalue weighted by atomic mass is 9.97. The van der Waals surface area contributed by atoms with E-state index < -0.39 is 0 Å². The van der Waals surface area contributed by atoms with Crippen LogP contribution in [0.15, 0.2) is 0 Å². The molecule has 2 aliphatic rings. The SMILES string of the molecule is CN1CCCC(C(=O)N2CCC(CO)C2)C1. The topological polar surface area (TPSA) is 43.8 Å². The predicted molar refractivity (Wildman–Crippen MR) is 62.0 cm³/mol. The maximum Gasteiger partial charge on any atom is 0.226 e. The number of amides is 1. The van der Waals surface area contributed by atoms with Crippen LogP contribution in [0.25, 0.3) is 0 Å². The smallest absolute Gasteiger partial charge is 0.226 e. The molecule has 1 amide bonds. The highest BCUT2D eigenvalue weighted by Gasteiger charge is 2.32. The van der Waals surface area contributed by atoms with Crippen LogP contribution in [0.1, 0.15) is 19.3 Å². The lowest BCUT2D eigenvalue weighted by molar-refractivity contribution is -0.136. The Morgan fingerprint density at radius 1 is 1.31 bits per heavy atom. The molecule has 0 spiro atoms. The monoisotopic (exact) mass is 226 g/mol. The Morgan fingerprint density at radius 2 is 2.12 bits per heavy atom. The van der Waals surface area contributed by atoms with E-state index >= 15 is 0 Å². The number of piperidine rings is 1. The van der Waals surface area contributed by atoms with Crippen molar-refractivity contribution >= 4 is 5.91 Å². The van der Waals surface area contributed by atoms with Gasteiger partial charge in [-0.05, 0) is 32.9 Å².